The lowest BCUT2D eigenvalue weighted by molar-refractivity contribution is 0.174. The molecule has 2 aromatic rings. The summed E-state index contributed by atoms with van der Waals surface area (Å²) in [5.41, 5.74) is 2.86. The van der Waals surface area contributed by atoms with E-state index in [1.807, 2.05) is 0 Å². The van der Waals surface area contributed by atoms with Crippen LogP contribution in [0.1, 0.15) is 24.1 Å². The van der Waals surface area contributed by atoms with Crippen molar-refractivity contribution in [2.75, 3.05) is 18.2 Å². The number of fused-ring (bicyclic) bond motifs is 1. The molecule has 2 saturated heterocycles. The topological polar surface area (TPSA) is 6.48 Å². The highest BCUT2D eigenvalue weighted by atomic mass is 32.2. The first kappa shape index (κ1) is 15.3. The monoisotopic (exact) mass is 324 g/mol. The Balaban J connectivity index is 1.53. The van der Waals surface area contributed by atoms with Crippen molar-refractivity contribution >= 4 is 11.8 Å². The SMILES string of the molecule is C[C@H](c1ccccc1)N1CN(Cc2ccccc2)[C@@H]2CSC[C@@H]21. The summed E-state index contributed by atoms with van der Waals surface area (Å²) in [6.45, 7) is 4.52. The number of nitrogens with zero attached hydrogens (tertiary/aromatic N) is 2. The van der Waals surface area contributed by atoms with Crippen LogP contribution in [0.15, 0.2) is 60.7 Å². The van der Waals surface area contributed by atoms with Crippen molar-refractivity contribution in [3.05, 3.63) is 71.8 Å². The number of rotatable bonds is 4. The lowest BCUT2D eigenvalue weighted by Gasteiger charge is -2.29. The average molecular weight is 324 g/mol. The van der Waals surface area contributed by atoms with E-state index in [2.05, 4.69) is 89.1 Å². The molecule has 3 atom stereocenters. The summed E-state index contributed by atoms with van der Waals surface area (Å²) in [5, 5.41) is 0. The molecule has 0 aliphatic carbocycles. The van der Waals surface area contributed by atoms with E-state index in [4.69, 9.17) is 0 Å². The molecule has 0 N–H and O–H groups in total. The van der Waals surface area contributed by atoms with Crippen molar-refractivity contribution in [2.45, 2.75) is 31.6 Å². The summed E-state index contributed by atoms with van der Waals surface area (Å²) in [6, 6.07) is 23.7. The van der Waals surface area contributed by atoms with Crippen molar-refractivity contribution in [2.24, 2.45) is 0 Å². The molecule has 2 aromatic carbocycles. The summed E-state index contributed by atoms with van der Waals surface area (Å²) < 4.78 is 0. The fourth-order valence-corrected chi connectivity index (χ4v) is 5.40. The van der Waals surface area contributed by atoms with Gasteiger partial charge in [-0.3, -0.25) is 9.80 Å². The van der Waals surface area contributed by atoms with Gasteiger partial charge >= 0.3 is 0 Å². The Hall–Kier alpha value is -1.29. The van der Waals surface area contributed by atoms with Crippen LogP contribution in [0.25, 0.3) is 0 Å². The van der Waals surface area contributed by atoms with Crippen LogP contribution in [0.4, 0.5) is 0 Å². The molecule has 0 amide bonds. The van der Waals surface area contributed by atoms with Crippen molar-refractivity contribution in [3.63, 3.8) is 0 Å². The van der Waals surface area contributed by atoms with Crippen LogP contribution >= 0.6 is 11.8 Å². The highest BCUT2D eigenvalue weighted by Crippen LogP contribution is 2.38. The van der Waals surface area contributed by atoms with Gasteiger partial charge in [-0.15, -0.1) is 0 Å². The van der Waals surface area contributed by atoms with Gasteiger partial charge in [0.05, 0.1) is 6.67 Å². The molecule has 23 heavy (non-hydrogen) atoms. The summed E-state index contributed by atoms with van der Waals surface area (Å²) in [5.74, 6) is 2.54. The molecule has 0 bridgehead atoms. The van der Waals surface area contributed by atoms with E-state index in [0.717, 1.165) is 13.2 Å². The van der Waals surface area contributed by atoms with Gasteiger partial charge in [0.2, 0.25) is 0 Å². The molecule has 3 heteroatoms. The molecular formula is C20H24N2S. The van der Waals surface area contributed by atoms with Crippen molar-refractivity contribution in [1.29, 1.82) is 0 Å². The third-order valence-electron chi connectivity index (χ3n) is 5.27. The van der Waals surface area contributed by atoms with Crippen molar-refractivity contribution < 1.29 is 0 Å². The maximum absolute atomic E-state index is 2.71. The fourth-order valence-electron chi connectivity index (χ4n) is 3.93. The summed E-state index contributed by atoms with van der Waals surface area (Å²) in [6.07, 6.45) is 0. The van der Waals surface area contributed by atoms with E-state index in [0.29, 0.717) is 18.1 Å². The van der Waals surface area contributed by atoms with Gasteiger partial charge in [0.1, 0.15) is 0 Å². The first-order valence-electron chi connectivity index (χ1n) is 8.49. The zero-order valence-corrected chi connectivity index (χ0v) is 14.5. The predicted octanol–water partition coefficient (Wildman–Crippen LogP) is 4.01. The van der Waals surface area contributed by atoms with Gasteiger partial charge < -0.3 is 0 Å². The van der Waals surface area contributed by atoms with E-state index >= 15 is 0 Å². The molecule has 120 valence electrons. The predicted molar refractivity (Wildman–Crippen MR) is 98.4 cm³/mol. The first-order chi connectivity index (χ1) is 11.3. The lowest BCUT2D eigenvalue weighted by atomic mass is 10.0. The van der Waals surface area contributed by atoms with E-state index in [9.17, 15) is 0 Å². The maximum atomic E-state index is 2.71. The lowest BCUT2D eigenvalue weighted by Crippen LogP contribution is -2.36. The Labute approximate surface area is 143 Å². The molecule has 2 aliphatic rings. The van der Waals surface area contributed by atoms with Gasteiger partial charge in [-0.05, 0) is 18.1 Å². The van der Waals surface area contributed by atoms with Crippen LogP contribution in [-0.2, 0) is 6.54 Å². The summed E-state index contributed by atoms with van der Waals surface area (Å²) in [4.78, 5) is 5.39. The Morgan fingerprint density at radius 2 is 1.61 bits per heavy atom. The van der Waals surface area contributed by atoms with Gasteiger partial charge in [-0.1, -0.05) is 60.7 Å². The first-order valence-corrected chi connectivity index (χ1v) is 9.65. The Bertz CT molecular complexity index is 631. The highest BCUT2D eigenvalue weighted by molar-refractivity contribution is 7.99. The van der Waals surface area contributed by atoms with Gasteiger partial charge in [0, 0.05) is 36.2 Å². The van der Waals surface area contributed by atoms with Crippen LogP contribution in [0, 0.1) is 0 Å². The van der Waals surface area contributed by atoms with E-state index in [1.165, 1.54) is 22.6 Å². The normalized spacial score (nSPS) is 26.3. The minimum absolute atomic E-state index is 0.489. The van der Waals surface area contributed by atoms with Crippen LogP contribution in [-0.4, -0.2) is 40.1 Å². The van der Waals surface area contributed by atoms with E-state index < -0.39 is 0 Å². The average Bonchev–Trinajstić information content (AvgIpc) is 3.20. The molecule has 2 nitrogen and oxygen atoms in total. The zero-order valence-electron chi connectivity index (χ0n) is 13.6. The van der Waals surface area contributed by atoms with E-state index in [-0.39, 0.29) is 0 Å². The fraction of sp³-hybridized carbons (Fsp3) is 0.400. The molecule has 0 saturated carbocycles. The summed E-state index contributed by atoms with van der Waals surface area (Å²) in [7, 11) is 0. The molecule has 0 aromatic heterocycles. The molecule has 2 fully saturated rings. The van der Waals surface area contributed by atoms with Gasteiger partial charge in [0.25, 0.3) is 0 Å². The largest absolute Gasteiger partial charge is 0.281 e. The third-order valence-corrected chi connectivity index (χ3v) is 6.42. The number of thioether (sulfide) groups is 1. The van der Waals surface area contributed by atoms with Crippen LogP contribution in [0.3, 0.4) is 0 Å². The molecule has 2 aliphatic heterocycles. The number of hydrogen-bond donors (Lipinski definition) is 0. The van der Waals surface area contributed by atoms with Crippen LogP contribution in [0.2, 0.25) is 0 Å². The quantitative estimate of drug-likeness (QED) is 0.839. The van der Waals surface area contributed by atoms with Crippen molar-refractivity contribution in [3.8, 4) is 0 Å². The Morgan fingerprint density at radius 3 is 2.35 bits per heavy atom. The smallest absolute Gasteiger partial charge is 0.0522 e. The maximum Gasteiger partial charge on any atom is 0.0522 e. The second-order valence-corrected chi connectivity index (χ2v) is 7.72. The van der Waals surface area contributed by atoms with Crippen molar-refractivity contribution in [1.82, 2.24) is 9.80 Å². The van der Waals surface area contributed by atoms with Crippen LogP contribution < -0.4 is 0 Å². The minimum Gasteiger partial charge on any atom is -0.281 e. The zero-order chi connectivity index (χ0) is 15.6. The Kier molecular flexibility index (Phi) is 4.43. The second-order valence-electron chi connectivity index (χ2n) is 6.65. The standard InChI is InChI=1S/C20H24N2S/c1-16(18-10-6-3-7-11-18)22-15-21(19-13-23-14-20(19)22)12-17-8-4-2-5-9-17/h2-11,16,19-20H,12-15H2,1H3/t16-,19-,20+/m1/s1. The second kappa shape index (κ2) is 6.68. The molecule has 0 spiro atoms. The molecule has 2 heterocycles. The molecule has 0 radical (unpaired) electrons. The molecular weight excluding hydrogens is 300 g/mol. The number of hydrogen-bond acceptors (Lipinski definition) is 3. The minimum atomic E-state index is 0.489. The molecule has 4 rings (SSSR count). The van der Waals surface area contributed by atoms with E-state index in [1.54, 1.807) is 0 Å². The summed E-state index contributed by atoms with van der Waals surface area (Å²) >= 11 is 2.11. The molecule has 0 unspecified atom stereocenters. The highest BCUT2D eigenvalue weighted by Gasteiger charge is 2.44. The Morgan fingerprint density at radius 1 is 0.957 bits per heavy atom. The van der Waals surface area contributed by atoms with Gasteiger partial charge in [-0.2, -0.15) is 11.8 Å². The van der Waals surface area contributed by atoms with Crippen LogP contribution in [0.5, 0.6) is 0 Å². The van der Waals surface area contributed by atoms with Gasteiger partial charge in [0.15, 0.2) is 0 Å². The van der Waals surface area contributed by atoms with Gasteiger partial charge in [-0.25, -0.2) is 0 Å². The number of benzene rings is 2. The third kappa shape index (κ3) is 3.06.